The molecule has 1 heterocycles. The minimum absolute atomic E-state index is 0.00537. The molecular weight excluding hydrogens is 202 g/mol. The third-order valence-corrected chi connectivity index (χ3v) is 2.96. The zero-order valence-corrected chi connectivity index (χ0v) is 10.2. The summed E-state index contributed by atoms with van der Waals surface area (Å²) >= 11 is 0. The number of ether oxygens (including phenoxy) is 1. The van der Waals surface area contributed by atoms with Crippen molar-refractivity contribution < 1.29 is 4.74 Å². The van der Waals surface area contributed by atoms with E-state index in [2.05, 4.69) is 22.2 Å². The lowest BCUT2D eigenvalue weighted by molar-refractivity contribution is 0.0925. The summed E-state index contributed by atoms with van der Waals surface area (Å²) in [6.45, 7) is 2.08. The highest BCUT2D eigenvalue weighted by Gasteiger charge is 2.27. The van der Waals surface area contributed by atoms with Crippen molar-refractivity contribution in [1.29, 1.82) is 0 Å². The zero-order chi connectivity index (χ0) is 11.5. The number of nitrogens with one attached hydrogen (secondary N) is 1. The molecule has 0 aromatic carbocycles. The molecule has 1 N–H and O–H groups in total. The van der Waals surface area contributed by atoms with Gasteiger partial charge in [-0.3, -0.25) is 0 Å². The van der Waals surface area contributed by atoms with Gasteiger partial charge in [0.15, 0.2) is 5.82 Å². The SMILES string of the molecule is CCC(OC)c1nc(NC)cc(C2CC2)n1. The van der Waals surface area contributed by atoms with Crippen LogP contribution in [0.25, 0.3) is 0 Å². The van der Waals surface area contributed by atoms with Crippen LogP contribution < -0.4 is 5.32 Å². The second kappa shape index (κ2) is 4.78. The van der Waals surface area contributed by atoms with Gasteiger partial charge in [-0.05, 0) is 19.3 Å². The molecule has 1 aliphatic carbocycles. The first kappa shape index (κ1) is 11.3. The van der Waals surface area contributed by atoms with Crippen LogP contribution in [0, 0.1) is 0 Å². The Bertz CT molecular complexity index is 359. The Morgan fingerprint density at radius 2 is 2.25 bits per heavy atom. The van der Waals surface area contributed by atoms with E-state index in [4.69, 9.17) is 4.74 Å². The predicted octanol–water partition coefficient (Wildman–Crippen LogP) is 2.49. The lowest BCUT2D eigenvalue weighted by Crippen LogP contribution is -2.09. The topological polar surface area (TPSA) is 47.0 Å². The molecular formula is C12H19N3O. The summed E-state index contributed by atoms with van der Waals surface area (Å²) in [5.74, 6) is 2.34. The molecule has 0 bridgehead atoms. The van der Waals surface area contributed by atoms with Gasteiger partial charge in [-0.15, -0.1) is 0 Å². The van der Waals surface area contributed by atoms with Crippen LogP contribution in [0.5, 0.6) is 0 Å². The molecule has 1 aromatic heterocycles. The smallest absolute Gasteiger partial charge is 0.159 e. The molecule has 0 spiro atoms. The van der Waals surface area contributed by atoms with E-state index in [9.17, 15) is 0 Å². The summed E-state index contributed by atoms with van der Waals surface area (Å²) in [5.41, 5.74) is 1.16. The molecule has 0 aliphatic heterocycles. The molecule has 88 valence electrons. The van der Waals surface area contributed by atoms with Crippen molar-refractivity contribution in [2.75, 3.05) is 19.5 Å². The molecule has 1 fully saturated rings. The van der Waals surface area contributed by atoms with Gasteiger partial charge in [-0.1, -0.05) is 6.92 Å². The molecule has 4 nitrogen and oxygen atoms in total. The summed E-state index contributed by atoms with van der Waals surface area (Å²) in [6, 6.07) is 2.05. The zero-order valence-electron chi connectivity index (χ0n) is 10.2. The van der Waals surface area contributed by atoms with Gasteiger partial charge in [0.1, 0.15) is 11.9 Å². The molecule has 1 atom stereocenters. The van der Waals surface area contributed by atoms with E-state index < -0.39 is 0 Å². The number of methoxy groups -OCH3 is 1. The first-order chi connectivity index (χ1) is 7.78. The largest absolute Gasteiger partial charge is 0.373 e. The minimum atomic E-state index is 0.00537. The highest BCUT2D eigenvalue weighted by Crippen LogP contribution is 2.40. The second-order valence-corrected chi connectivity index (χ2v) is 4.19. The Kier molecular flexibility index (Phi) is 3.39. The van der Waals surface area contributed by atoms with Gasteiger partial charge in [-0.25, -0.2) is 9.97 Å². The maximum Gasteiger partial charge on any atom is 0.159 e. The number of rotatable bonds is 5. The fourth-order valence-corrected chi connectivity index (χ4v) is 1.80. The lowest BCUT2D eigenvalue weighted by atomic mass is 10.2. The average molecular weight is 221 g/mol. The van der Waals surface area contributed by atoms with Crippen molar-refractivity contribution in [3.05, 3.63) is 17.6 Å². The van der Waals surface area contributed by atoms with Gasteiger partial charge in [0, 0.05) is 31.8 Å². The monoisotopic (exact) mass is 221 g/mol. The van der Waals surface area contributed by atoms with Crippen LogP contribution in [0.15, 0.2) is 6.07 Å². The summed E-state index contributed by atoms with van der Waals surface area (Å²) in [6.07, 6.45) is 3.41. The Morgan fingerprint density at radius 1 is 1.50 bits per heavy atom. The van der Waals surface area contributed by atoms with E-state index in [1.165, 1.54) is 12.8 Å². The number of hydrogen-bond acceptors (Lipinski definition) is 4. The molecule has 1 aliphatic rings. The van der Waals surface area contributed by atoms with Crippen molar-refractivity contribution in [3.63, 3.8) is 0 Å². The van der Waals surface area contributed by atoms with Gasteiger partial charge in [-0.2, -0.15) is 0 Å². The average Bonchev–Trinajstić information content (AvgIpc) is 3.14. The molecule has 2 rings (SSSR count). The third-order valence-electron chi connectivity index (χ3n) is 2.96. The van der Waals surface area contributed by atoms with E-state index in [1.807, 2.05) is 13.1 Å². The number of hydrogen-bond donors (Lipinski definition) is 1. The van der Waals surface area contributed by atoms with Crippen molar-refractivity contribution in [2.24, 2.45) is 0 Å². The van der Waals surface area contributed by atoms with Crippen LogP contribution in [0.1, 0.15) is 49.7 Å². The van der Waals surface area contributed by atoms with Crippen LogP contribution in [-0.2, 0) is 4.74 Å². The molecule has 0 radical (unpaired) electrons. The number of anilines is 1. The van der Waals surface area contributed by atoms with Crippen molar-refractivity contribution in [2.45, 2.75) is 38.2 Å². The van der Waals surface area contributed by atoms with E-state index in [-0.39, 0.29) is 6.10 Å². The van der Waals surface area contributed by atoms with Crippen LogP contribution in [0.3, 0.4) is 0 Å². The van der Waals surface area contributed by atoms with Gasteiger partial charge in [0.05, 0.1) is 0 Å². The Balaban J connectivity index is 2.31. The first-order valence-electron chi connectivity index (χ1n) is 5.87. The van der Waals surface area contributed by atoms with E-state index in [0.29, 0.717) is 5.92 Å². The Morgan fingerprint density at radius 3 is 2.75 bits per heavy atom. The normalized spacial score (nSPS) is 17.2. The summed E-state index contributed by atoms with van der Waals surface area (Å²) in [7, 11) is 3.59. The maximum atomic E-state index is 5.39. The van der Waals surface area contributed by atoms with Gasteiger partial charge < -0.3 is 10.1 Å². The predicted molar refractivity (Wildman–Crippen MR) is 63.6 cm³/mol. The van der Waals surface area contributed by atoms with Gasteiger partial charge in [0.25, 0.3) is 0 Å². The van der Waals surface area contributed by atoms with Gasteiger partial charge in [0.2, 0.25) is 0 Å². The van der Waals surface area contributed by atoms with E-state index in [0.717, 1.165) is 23.8 Å². The van der Waals surface area contributed by atoms with E-state index >= 15 is 0 Å². The van der Waals surface area contributed by atoms with Gasteiger partial charge >= 0.3 is 0 Å². The van der Waals surface area contributed by atoms with Crippen molar-refractivity contribution in [3.8, 4) is 0 Å². The molecule has 4 heteroatoms. The first-order valence-corrected chi connectivity index (χ1v) is 5.87. The lowest BCUT2D eigenvalue weighted by Gasteiger charge is -2.14. The molecule has 0 saturated heterocycles. The fraction of sp³-hybridized carbons (Fsp3) is 0.667. The summed E-state index contributed by atoms with van der Waals surface area (Å²) < 4.78 is 5.39. The molecule has 1 saturated carbocycles. The number of aromatic nitrogens is 2. The quantitative estimate of drug-likeness (QED) is 0.829. The molecule has 1 aromatic rings. The highest BCUT2D eigenvalue weighted by atomic mass is 16.5. The van der Waals surface area contributed by atoms with E-state index in [1.54, 1.807) is 7.11 Å². The highest BCUT2D eigenvalue weighted by molar-refractivity contribution is 5.37. The standard InChI is InChI=1S/C12H19N3O/c1-4-10(16-3)12-14-9(8-5-6-8)7-11(13-2)15-12/h7-8,10H,4-6H2,1-3H3,(H,13,14,15). The van der Waals surface area contributed by atoms with Crippen LogP contribution in [0.2, 0.25) is 0 Å². The molecule has 16 heavy (non-hydrogen) atoms. The third kappa shape index (κ3) is 2.32. The summed E-state index contributed by atoms with van der Waals surface area (Å²) in [5, 5.41) is 3.09. The fourth-order valence-electron chi connectivity index (χ4n) is 1.80. The van der Waals surface area contributed by atoms with Crippen LogP contribution in [0.4, 0.5) is 5.82 Å². The van der Waals surface area contributed by atoms with Crippen molar-refractivity contribution in [1.82, 2.24) is 9.97 Å². The maximum absolute atomic E-state index is 5.39. The second-order valence-electron chi connectivity index (χ2n) is 4.19. The summed E-state index contributed by atoms with van der Waals surface area (Å²) in [4.78, 5) is 9.07. The van der Waals surface area contributed by atoms with Crippen LogP contribution >= 0.6 is 0 Å². The van der Waals surface area contributed by atoms with Crippen molar-refractivity contribution >= 4 is 5.82 Å². The Hall–Kier alpha value is -1.16. The molecule has 1 unspecified atom stereocenters. The minimum Gasteiger partial charge on any atom is -0.373 e. The molecule has 0 amide bonds. The Labute approximate surface area is 96.4 Å². The number of nitrogens with zero attached hydrogens (tertiary/aromatic N) is 2. The van der Waals surface area contributed by atoms with Crippen LogP contribution in [-0.4, -0.2) is 24.1 Å².